The van der Waals surface area contributed by atoms with Gasteiger partial charge in [-0.15, -0.1) is 11.8 Å². The van der Waals surface area contributed by atoms with Crippen LogP contribution in [-0.4, -0.2) is 36.7 Å². The topological polar surface area (TPSA) is 52.6 Å². The van der Waals surface area contributed by atoms with Gasteiger partial charge in [0.05, 0.1) is 6.61 Å². The van der Waals surface area contributed by atoms with E-state index in [9.17, 15) is 9.36 Å². The van der Waals surface area contributed by atoms with Crippen LogP contribution in [-0.2, 0) is 25.3 Å². The van der Waals surface area contributed by atoms with E-state index in [4.69, 9.17) is 9.47 Å². The maximum atomic E-state index is 13.2. The van der Waals surface area contributed by atoms with Gasteiger partial charge >= 0.3 is 14.4 Å². The van der Waals surface area contributed by atoms with Crippen molar-refractivity contribution in [2.45, 2.75) is 30.8 Å². The van der Waals surface area contributed by atoms with Gasteiger partial charge in [0.1, 0.15) is 0 Å². The number of fused-ring (bicyclic) bond motifs is 1. The van der Waals surface area contributed by atoms with Crippen molar-refractivity contribution in [3.8, 4) is 0 Å². The second-order valence-electron chi connectivity index (χ2n) is 7.57. The fourth-order valence-corrected chi connectivity index (χ4v) is 5.84. The van der Waals surface area contributed by atoms with Crippen LogP contribution in [0.25, 0.3) is 10.8 Å². The van der Waals surface area contributed by atoms with Crippen molar-refractivity contribution >= 4 is 37.0 Å². The summed E-state index contributed by atoms with van der Waals surface area (Å²) in [5, 5.41) is 2.38. The van der Waals surface area contributed by atoms with Crippen molar-refractivity contribution in [2.75, 3.05) is 25.1 Å². The zero-order valence-electron chi connectivity index (χ0n) is 18.6. The first kappa shape index (κ1) is 24.4. The Morgan fingerprint density at radius 2 is 1.69 bits per heavy atom. The molecule has 168 valence electrons. The van der Waals surface area contributed by atoms with Gasteiger partial charge in [0.25, 0.3) is 0 Å². The third kappa shape index (κ3) is 5.98. The maximum Gasteiger partial charge on any atom is 0.343 e. The molecule has 0 aliphatic carbocycles. The molecule has 0 amide bonds. The summed E-state index contributed by atoms with van der Waals surface area (Å²) in [5.41, 5.74) is -0.135. The van der Waals surface area contributed by atoms with E-state index in [-0.39, 0.29) is 18.7 Å². The molecular formula is C26H30O4PS+. The molecule has 3 atom stereocenters. The van der Waals surface area contributed by atoms with Crippen LogP contribution < -0.4 is 0 Å². The monoisotopic (exact) mass is 469 g/mol. The fourth-order valence-electron chi connectivity index (χ4n) is 3.94. The number of hydrogen-bond donors (Lipinski definition) is 0. The predicted molar refractivity (Wildman–Crippen MR) is 133 cm³/mol. The van der Waals surface area contributed by atoms with E-state index < -0.39 is 20.0 Å². The molecule has 0 aromatic heterocycles. The summed E-state index contributed by atoms with van der Waals surface area (Å²) in [6, 6.07) is 24.7. The predicted octanol–water partition coefficient (Wildman–Crippen LogP) is 6.15. The first-order chi connectivity index (χ1) is 15.6. The van der Waals surface area contributed by atoms with E-state index in [2.05, 4.69) is 42.5 Å². The Balaban J connectivity index is 1.94. The zero-order chi connectivity index (χ0) is 22.8. The minimum atomic E-state index is -1.25. The normalized spacial score (nSPS) is 14.2. The minimum Gasteiger partial charge on any atom is -0.464 e. The molecule has 3 aromatic rings. The quantitative estimate of drug-likeness (QED) is 0.181. The Bertz CT molecular complexity index is 1030. The molecule has 3 unspecified atom stereocenters. The van der Waals surface area contributed by atoms with Crippen LogP contribution in [0.1, 0.15) is 19.4 Å². The molecule has 0 N–H and O–H groups in total. The molecule has 0 radical (unpaired) electrons. The van der Waals surface area contributed by atoms with Crippen molar-refractivity contribution in [2.24, 2.45) is 5.92 Å². The van der Waals surface area contributed by atoms with Crippen LogP contribution in [0.5, 0.6) is 0 Å². The molecule has 0 bridgehead atoms. The molecular weight excluding hydrogens is 439 g/mol. The van der Waals surface area contributed by atoms with Gasteiger partial charge in [-0.3, -0.25) is 0 Å². The number of ether oxygens (including phenoxy) is 2. The second-order valence-corrected chi connectivity index (χ2v) is 9.31. The SMILES string of the molecule is CCOC(=O)C(C[PH+]=O)(OCC)C(CSc1ccc2ccccc2c1)Cc1ccccc1. The third-order valence-corrected chi connectivity index (χ3v) is 7.34. The van der Waals surface area contributed by atoms with E-state index >= 15 is 0 Å². The molecule has 0 heterocycles. The largest absolute Gasteiger partial charge is 0.464 e. The highest BCUT2D eigenvalue weighted by Gasteiger charge is 2.51. The van der Waals surface area contributed by atoms with Gasteiger partial charge in [-0.2, -0.15) is 0 Å². The molecule has 6 heteroatoms. The van der Waals surface area contributed by atoms with E-state index in [0.29, 0.717) is 18.8 Å². The Labute approximate surface area is 195 Å². The molecule has 3 rings (SSSR count). The summed E-state index contributed by atoms with van der Waals surface area (Å²) in [7, 11) is -0.657. The lowest BCUT2D eigenvalue weighted by atomic mass is 9.84. The lowest BCUT2D eigenvalue weighted by molar-refractivity contribution is -0.175. The molecule has 3 aromatic carbocycles. The van der Waals surface area contributed by atoms with Gasteiger partial charge in [-0.1, -0.05) is 65.2 Å². The van der Waals surface area contributed by atoms with Crippen LogP contribution in [0.3, 0.4) is 0 Å². The summed E-state index contributed by atoms with van der Waals surface area (Å²) in [6.07, 6.45) is 0.750. The summed E-state index contributed by atoms with van der Waals surface area (Å²) < 4.78 is 23.4. The van der Waals surface area contributed by atoms with E-state index in [1.807, 2.05) is 37.3 Å². The molecule has 0 saturated heterocycles. The molecule has 0 spiro atoms. The summed E-state index contributed by atoms with van der Waals surface area (Å²) in [4.78, 5) is 14.3. The van der Waals surface area contributed by atoms with Gasteiger partial charge < -0.3 is 9.47 Å². The van der Waals surface area contributed by atoms with E-state index in [0.717, 1.165) is 10.5 Å². The standard InChI is InChI=1S/C26H29O4PS/c1-3-29-25(27)26(19-31-28,30-4-2)23(16-20-10-6-5-7-11-20)18-32-24-15-14-21-12-8-9-13-22(21)17-24/h5-15,17,23H,3-4,16,18-19H2,1-2H3/p+1. The lowest BCUT2D eigenvalue weighted by Crippen LogP contribution is -2.53. The summed E-state index contributed by atoms with van der Waals surface area (Å²) in [5.74, 6) is 0.00310. The average molecular weight is 470 g/mol. The smallest absolute Gasteiger partial charge is 0.343 e. The Kier molecular flexibility index (Phi) is 9.28. The molecule has 0 aliphatic rings. The van der Waals surface area contributed by atoms with Crippen molar-refractivity contribution in [3.05, 3.63) is 78.4 Å². The van der Waals surface area contributed by atoms with Gasteiger partial charge in [-0.25, -0.2) is 4.79 Å². The highest BCUT2D eigenvalue weighted by molar-refractivity contribution is 7.99. The van der Waals surface area contributed by atoms with Crippen molar-refractivity contribution in [1.82, 2.24) is 0 Å². The molecule has 32 heavy (non-hydrogen) atoms. The Morgan fingerprint density at radius 3 is 2.38 bits per heavy atom. The summed E-state index contributed by atoms with van der Waals surface area (Å²) >= 11 is 1.69. The van der Waals surface area contributed by atoms with Gasteiger partial charge in [0.15, 0.2) is 6.16 Å². The van der Waals surface area contributed by atoms with Crippen LogP contribution in [0, 0.1) is 5.92 Å². The second kappa shape index (κ2) is 12.2. The fraction of sp³-hybridized carbons (Fsp3) is 0.346. The number of esters is 1. The highest BCUT2D eigenvalue weighted by Crippen LogP contribution is 2.36. The molecule has 4 nitrogen and oxygen atoms in total. The minimum absolute atomic E-state index is 0.120. The van der Waals surface area contributed by atoms with E-state index in [1.165, 1.54) is 10.8 Å². The number of hydrogen-bond acceptors (Lipinski definition) is 5. The first-order valence-electron chi connectivity index (χ1n) is 10.9. The van der Waals surface area contributed by atoms with Gasteiger partial charge in [0.2, 0.25) is 5.60 Å². The Hall–Kier alpha value is -2.20. The molecule has 0 saturated carbocycles. The van der Waals surface area contributed by atoms with Gasteiger partial charge in [-0.05, 0) is 48.7 Å². The van der Waals surface area contributed by atoms with Crippen LogP contribution >= 0.6 is 20.2 Å². The number of carbonyl (C=O) groups is 1. The highest BCUT2D eigenvalue weighted by atomic mass is 32.2. The van der Waals surface area contributed by atoms with Crippen molar-refractivity contribution < 1.29 is 18.8 Å². The first-order valence-corrected chi connectivity index (χ1v) is 13.0. The van der Waals surface area contributed by atoms with Crippen LogP contribution in [0.4, 0.5) is 0 Å². The maximum absolute atomic E-state index is 13.2. The number of thioether (sulfide) groups is 1. The van der Waals surface area contributed by atoms with Crippen molar-refractivity contribution in [3.63, 3.8) is 0 Å². The van der Waals surface area contributed by atoms with Crippen LogP contribution in [0.2, 0.25) is 0 Å². The zero-order valence-corrected chi connectivity index (χ0v) is 20.4. The average Bonchev–Trinajstić information content (AvgIpc) is 2.82. The molecule has 0 fully saturated rings. The van der Waals surface area contributed by atoms with Crippen molar-refractivity contribution in [1.29, 1.82) is 0 Å². The van der Waals surface area contributed by atoms with E-state index in [1.54, 1.807) is 18.7 Å². The number of carbonyl (C=O) groups excluding carboxylic acids is 1. The van der Waals surface area contributed by atoms with Crippen LogP contribution in [0.15, 0.2) is 77.7 Å². The molecule has 0 aliphatic heterocycles. The lowest BCUT2D eigenvalue weighted by Gasteiger charge is -2.35. The number of rotatable bonds is 12. The summed E-state index contributed by atoms with van der Waals surface area (Å²) in [6.45, 7) is 4.24. The number of benzene rings is 3. The Morgan fingerprint density at radius 1 is 0.969 bits per heavy atom. The van der Waals surface area contributed by atoms with Gasteiger partial charge in [0, 0.05) is 23.2 Å². The third-order valence-electron chi connectivity index (χ3n) is 5.51.